The number of halogens is 1. The van der Waals surface area contributed by atoms with Gasteiger partial charge in [-0.2, -0.15) is 0 Å². The maximum Gasteiger partial charge on any atom is 0.307 e. The van der Waals surface area contributed by atoms with Crippen LogP contribution >= 0.6 is 0 Å². The van der Waals surface area contributed by atoms with Gasteiger partial charge in [-0.15, -0.1) is 0 Å². The number of aliphatic carboxylic acids is 1. The Morgan fingerprint density at radius 2 is 2.03 bits per heavy atom. The first-order valence-electron chi connectivity index (χ1n) is 9.62. The Labute approximate surface area is 177 Å². The first-order valence-corrected chi connectivity index (χ1v) is 9.62. The van der Waals surface area contributed by atoms with Gasteiger partial charge in [0.05, 0.1) is 12.1 Å². The Hall–Kier alpha value is -3.78. The van der Waals surface area contributed by atoms with Crippen LogP contribution in [0.25, 0.3) is 22.2 Å². The van der Waals surface area contributed by atoms with Crippen LogP contribution in [0.3, 0.4) is 0 Å². The highest BCUT2D eigenvalue weighted by Gasteiger charge is 2.18. The van der Waals surface area contributed by atoms with Crippen molar-refractivity contribution >= 4 is 17.1 Å². The number of nitrogens with zero attached hydrogens (tertiary/aromatic N) is 2. The quantitative estimate of drug-likeness (QED) is 0.464. The molecule has 158 valence electrons. The van der Waals surface area contributed by atoms with E-state index in [1.165, 1.54) is 6.20 Å². The standard InChI is InChI=1S/C23H20FN3O4/c1-13-27-18-9-14(12-30-20-5-3-2-4-15(20)10-21(28)29)8-17(23(18)31-13)16-6-7-26-19(11-25)22(16)24/h2-9H,10-12,25H2,1H3,(H,28,29). The van der Waals surface area contributed by atoms with Gasteiger partial charge in [-0.3, -0.25) is 9.78 Å². The topological polar surface area (TPSA) is 111 Å². The SMILES string of the molecule is Cc1nc2cc(COc3ccccc3CC(=O)O)cc(-c3ccnc(CN)c3F)c2o1. The summed E-state index contributed by atoms with van der Waals surface area (Å²) in [4.78, 5) is 19.5. The summed E-state index contributed by atoms with van der Waals surface area (Å²) >= 11 is 0. The van der Waals surface area contributed by atoms with Gasteiger partial charge in [0.15, 0.2) is 17.3 Å². The van der Waals surface area contributed by atoms with Gasteiger partial charge in [0.25, 0.3) is 0 Å². The third kappa shape index (κ3) is 4.24. The van der Waals surface area contributed by atoms with Crippen LogP contribution in [0.1, 0.15) is 22.7 Å². The van der Waals surface area contributed by atoms with Crippen LogP contribution in [0.15, 0.2) is 53.1 Å². The number of aryl methyl sites for hydroxylation is 1. The number of ether oxygens (including phenoxy) is 1. The number of rotatable bonds is 7. The lowest BCUT2D eigenvalue weighted by molar-refractivity contribution is -0.136. The second kappa shape index (κ2) is 8.53. The summed E-state index contributed by atoms with van der Waals surface area (Å²) in [6.45, 7) is 1.83. The molecule has 31 heavy (non-hydrogen) atoms. The zero-order valence-corrected chi connectivity index (χ0v) is 16.8. The van der Waals surface area contributed by atoms with Crippen LogP contribution in [-0.4, -0.2) is 21.0 Å². The number of aromatic nitrogens is 2. The van der Waals surface area contributed by atoms with E-state index in [9.17, 15) is 9.18 Å². The fraction of sp³-hybridized carbons (Fsp3) is 0.174. The van der Waals surface area contributed by atoms with Crippen LogP contribution < -0.4 is 10.5 Å². The zero-order chi connectivity index (χ0) is 22.0. The molecule has 0 saturated heterocycles. The Morgan fingerprint density at radius 3 is 2.81 bits per heavy atom. The van der Waals surface area contributed by atoms with E-state index < -0.39 is 11.8 Å². The molecule has 2 heterocycles. The molecule has 7 nitrogen and oxygen atoms in total. The van der Waals surface area contributed by atoms with Crippen molar-refractivity contribution in [2.45, 2.75) is 26.5 Å². The fourth-order valence-corrected chi connectivity index (χ4v) is 3.44. The minimum atomic E-state index is -0.943. The smallest absolute Gasteiger partial charge is 0.307 e. The molecular formula is C23H20FN3O4. The van der Waals surface area contributed by atoms with E-state index in [1.54, 1.807) is 49.4 Å². The molecule has 0 amide bonds. The summed E-state index contributed by atoms with van der Waals surface area (Å²) in [5, 5.41) is 9.10. The van der Waals surface area contributed by atoms with Gasteiger partial charge < -0.3 is 20.0 Å². The highest BCUT2D eigenvalue weighted by molar-refractivity contribution is 5.91. The van der Waals surface area contributed by atoms with Gasteiger partial charge in [-0.1, -0.05) is 18.2 Å². The number of para-hydroxylation sites is 1. The zero-order valence-electron chi connectivity index (χ0n) is 16.8. The molecule has 0 saturated carbocycles. The molecule has 0 fully saturated rings. The fourth-order valence-electron chi connectivity index (χ4n) is 3.44. The predicted octanol–water partition coefficient (Wildman–Crippen LogP) is 4.00. The molecule has 0 aliphatic carbocycles. The van der Waals surface area contributed by atoms with Crippen LogP contribution in [-0.2, 0) is 24.4 Å². The molecule has 2 aromatic carbocycles. The lowest BCUT2D eigenvalue weighted by atomic mass is 10.0. The summed E-state index contributed by atoms with van der Waals surface area (Å²) in [6.07, 6.45) is 1.36. The Bertz CT molecular complexity index is 1270. The summed E-state index contributed by atoms with van der Waals surface area (Å²) in [7, 11) is 0. The lowest BCUT2D eigenvalue weighted by Gasteiger charge is -2.12. The third-order valence-electron chi connectivity index (χ3n) is 4.81. The van der Waals surface area contributed by atoms with Crippen LogP contribution in [0, 0.1) is 12.7 Å². The summed E-state index contributed by atoms with van der Waals surface area (Å²) in [5.41, 5.74) is 8.92. The van der Waals surface area contributed by atoms with Gasteiger partial charge in [-0.25, -0.2) is 9.37 Å². The van der Waals surface area contributed by atoms with E-state index in [0.717, 1.165) is 5.56 Å². The largest absolute Gasteiger partial charge is 0.489 e. The van der Waals surface area contributed by atoms with E-state index in [0.29, 0.717) is 39.4 Å². The number of carboxylic acid groups (broad SMARTS) is 1. The van der Waals surface area contributed by atoms with Crippen LogP contribution in [0.2, 0.25) is 0 Å². The van der Waals surface area contributed by atoms with Gasteiger partial charge in [0.1, 0.15) is 17.9 Å². The molecule has 8 heteroatoms. The van der Waals surface area contributed by atoms with Crippen molar-refractivity contribution in [1.29, 1.82) is 0 Å². The normalized spacial score (nSPS) is 11.1. The number of carboxylic acids is 1. The highest BCUT2D eigenvalue weighted by Crippen LogP contribution is 2.33. The van der Waals surface area contributed by atoms with Crippen molar-refractivity contribution in [2.75, 3.05) is 0 Å². The number of fused-ring (bicyclic) bond motifs is 1. The molecule has 0 spiro atoms. The predicted molar refractivity (Wildman–Crippen MR) is 112 cm³/mol. The average molecular weight is 421 g/mol. The Balaban J connectivity index is 1.73. The van der Waals surface area contributed by atoms with E-state index >= 15 is 0 Å². The third-order valence-corrected chi connectivity index (χ3v) is 4.81. The number of nitrogens with two attached hydrogens (primary N) is 1. The summed E-state index contributed by atoms with van der Waals surface area (Å²) < 4.78 is 26.6. The number of benzene rings is 2. The van der Waals surface area contributed by atoms with Gasteiger partial charge in [-0.05, 0) is 29.8 Å². The number of oxazole rings is 1. The molecule has 0 unspecified atom stereocenters. The van der Waals surface area contributed by atoms with Crippen molar-refractivity contribution in [3.63, 3.8) is 0 Å². The minimum Gasteiger partial charge on any atom is -0.489 e. The van der Waals surface area contributed by atoms with E-state index in [4.69, 9.17) is 20.0 Å². The summed E-state index contributed by atoms with van der Waals surface area (Å²) in [5.74, 6) is -0.523. The molecule has 0 aliphatic rings. The molecule has 4 rings (SSSR count). The number of hydrogen-bond donors (Lipinski definition) is 2. The average Bonchev–Trinajstić information content (AvgIpc) is 3.12. The van der Waals surface area contributed by atoms with Crippen LogP contribution in [0.5, 0.6) is 5.75 Å². The highest BCUT2D eigenvalue weighted by atomic mass is 19.1. The van der Waals surface area contributed by atoms with Gasteiger partial charge in [0.2, 0.25) is 0 Å². The van der Waals surface area contributed by atoms with E-state index in [-0.39, 0.29) is 25.3 Å². The number of carbonyl (C=O) groups is 1. The van der Waals surface area contributed by atoms with Gasteiger partial charge >= 0.3 is 5.97 Å². The first-order chi connectivity index (χ1) is 15.0. The molecule has 2 aromatic heterocycles. The van der Waals surface area contributed by atoms with Crippen molar-refractivity contribution in [1.82, 2.24) is 9.97 Å². The van der Waals surface area contributed by atoms with Crippen molar-refractivity contribution in [2.24, 2.45) is 5.73 Å². The van der Waals surface area contributed by atoms with Gasteiger partial charge in [0, 0.05) is 36.4 Å². The molecule has 4 aromatic rings. The molecule has 0 radical (unpaired) electrons. The summed E-state index contributed by atoms with van der Waals surface area (Å²) in [6, 6.07) is 12.1. The molecular weight excluding hydrogens is 401 g/mol. The monoisotopic (exact) mass is 421 g/mol. The second-order valence-electron chi connectivity index (χ2n) is 7.01. The Morgan fingerprint density at radius 1 is 1.23 bits per heavy atom. The maximum atomic E-state index is 15.0. The van der Waals surface area contributed by atoms with Crippen molar-refractivity contribution in [3.8, 4) is 16.9 Å². The molecule has 0 atom stereocenters. The molecule has 0 aliphatic heterocycles. The number of hydrogen-bond acceptors (Lipinski definition) is 6. The van der Waals surface area contributed by atoms with E-state index in [1.807, 2.05) is 0 Å². The van der Waals surface area contributed by atoms with E-state index in [2.05, 4.69) is 9.97 Å². The number of pyridine rings is 1. The van der Waals surface area contributed by atoms with Crippen molar-refractivity contribution < 1.29 is 23.4 Å². The van der Waals surface area contributed by atoms with Crippen LogP contribution in [0.4, 0.5) is 4.39 Å². The minimum absolute atomic E-state index is 0.0264. The molecule has 3 N–H and O–H groups in total. The van der Waals surface area contributed by atoms with Crippen molar-refractivity contribution in [3.05, 3.63) is 77.2 Å². The second-order valence-corrected chi connectivity index (χ2v) is 7.01. The molecule has 0 bridgehead atoms. The maximum absolute atomic E-state index is 15.0. The first kappa shape index (κ1) is 20.5. The lowest BCUT2D eigenvalue weighted by Crippen LogP contribution is -2.05. The Kier molecular flexibility index (Phi) is 5.64.